The van der Waals surface area contributed by atoms with E-state index in [0.29, 0.717) is 40.9 Å². The van der Waals surface area contributed by atoms with Gasteiger partial charge >= 0.3 is 6.03 Å². The molecule has 0 aliphatic carbocycles. The Kier molecular flexibility index (Phi) is 5.11. The number of anilines is 2. The number of aromatic nitrogens is 1. The second-order valence-corrected chi connectivity index (χ2v) is 8.26. The maximum atomic E-state index is 12.5. The Balaban J connectivity index is 1.40. The van der Waals surface area contributed by atoms with Crippen LogP contribution in [0, 0.1) is 0 Å². The fourth-order valence-electron chi connectivity index (χ4n) is 2.72. The summed E-state index contributed by atoms with van der Waals surface area (Å²) in [5, 5.41) is 10.6. The number of carbonyl (C=O) groups is 2. The third kappa shape index (κ3) is 4.13. The van der Waals surface area contributed by atoms with E-state index in [4.69, 9.17) is 11.6 Å². The van der Waals surface area contributed by atoms with Gasteiger partial charge in [0, 0.05) is 33.9 Å². The van der Waals surface area contributed by atoms with Crippen LogP contribution < -0.4 is 10.6 Å². The molecule has 2 aromatic heterocycles. The molecule has 9 heteroatoms. The number of rotatable bonds is 3. The van der Waals surface area contributed by atoms with Crippen LogP contribution in [0.5, 0.6) is 0 Å². The molecule has 0 unspecified atom stereocenters. The number of urea groups is 1. The molecule has 3 heterocycles. The lowest BCUT2D eigenvalue weighted by molar-refractivity contribution is 0.102. The smallest absolute Gasteiger partial charge is 0.319 e. The average molecular weight is 419 g/mol. The molecular formula is C18H15ClN4O2S2. The Morgan fingerprint density at radius 2 is 1.96 bits per heavy atom. The van der Waals surface area contributed by atoms with E-state index in [1.165, 1.54) is 22.7 Å². The number of benzene rings is 1. The van der Waals surface area contributed by atoms with Crippen molar-refractivity contribution in [2.75, 3.05) is 17.2 Å². The first kappa shape index (κ1) is 18.0. The number of nitrogens with zero attached hydrogens (tertiary/aromatic N) is 2. The summed E-state index contributed by atoms with van der Waals surface area (Å²) in [4.78, 5) is 31.9. The summed E-state index contributed by atoms with van der Waals surface area (Å²) in [7, 11) is 0. The van der Waals surface area contributed by atoms with Crippen molar-refractivity contribution < 1.29 is 9.59 Å². The van der Waals surface area contributed by atoms with E-state index in [0.717, 1.165) is 10.6 Å². The lowest BCUT2D eigenvalue weighted by atomic mass is 10.2. The topological polar surface area (TPSA) is 74.3 Å². The van der Waals surface area contributed by atoms with E-state index in [-0.39, 0.29) is 11.9 Å². The Hall–Kier alpha value is -2.42. The minimum Gasteiger partial charge on any atom is -0.319 e. The number of amides is 3. The van der Waals surface area contributed by atoms with Crippen molar-refractivity contribution in [3.8, 4) is 0 Å². The highest BCUT2D eigenvalue weighted by atomic mass is 35.5. The van der Waals surface area contributed by atoms with E-state index >= 15 is 0 Å². The molecule has 0 atom stereocenters. The number of thiazole rings is 1. The first-order chi connectivity index (χ1) is 13.1. The molecule has 3 amide bonds. The van der Waals surface area contributed by atoms with E-state index in [2.05, 4.69) is 15.6 Å². The molecule has 0 saturated carbocycles. The van der Waals surface area contributed by atoms with Gasteiger partial charge in [0.05, 0.1) is 17.8 Å². The largest absolute Gasteiger partial charge is 0.322 e. The second-order valence-electron chi connectivity index (χ2n) is 5.96. The lowest BCUT2D eigenvalue weighted by Gasteiger charge is -2.26. The Bertz CT molecular complexity index is 970. The number of thiophene rings is 1. The third-order valence-electron chi connectivity index (χ3n) is 4.12. The molecule has 138 valence electrons. The zero-order valence-electron chi connectivity index (χ0n) is 14.1. The molecule has 1 aliphatic rings. The fourth-order valence-corrected chi connectivity index (χ4v) is 4.50. The van der Waals surface area contributed by atoms with Crippen molar-refractivity contribution in [2.24, 2.45) is 0 Å². The first-order valence-corrected chi connectivity index (χ1v) is 10.4. The normalized spacial score (nSPS) is 13.1. The van der Waals surface area contributed by atoms with E-state index in [9.17, 15) is 9.59 Å². The van der Waals surface area contributed by atoms with Gasteiger partial charge in [-0.25, -0.2) is 9.78 Å². The molecular weight excluding hydrogens is 404 g/mol. The summed E-state index contributed by atoms with van der Waals surface area (Å²) in [5.74, 6) is -0.167. The number of carbonyl (C=O) groups excluding carboxylic acids is 2. The molecule has 1 aromatic carbocycles. The maximum absolute atomic E-state index is 12.5. The minimum atomic E-state index is -0.167. The number of fused-ring (bicyclic) bond motifs is 1. The van der Waals surface area contributed by atoms with Crippen molar-refractivity contribution in [3.63, 3.8) is 0 Å². The van der Waals surface area contributed by atoms with Gasteiger partial charge in [0.25, 0.3) is 5.91 Å². The molecule has 3 aromatic rings. The fraction of sp³-hybridized carbons (Fsp3) is 0.167. The summed E-state index contributed by atoms with van der Waals surface area (Å²) in [6.45, 7) is 1.05. The van der Waals surface area contributed by atoms with Crippen molar-refractivity contribution in [3.05, 3.63) is 62.2 Å². The van der Waals surface area contributed by atoms with E-state index in [1.54, 1.807) is 40.6 Å². The van der Waals surface area contributed by atoms with Crippen LogP contribution in [-0.4, -0.2) is 28.4 Å². The van der Waals surface area contributed by atoms with Crippen LogP contribution in [0.25, 0.3) is 0 Å². The van der Waals surface area contributed by atoms with Crippen molar-refractivity contribution in [1.82, 2.24) is 9.88 Å². The Labute approximate surface area is 168 Å². The first-order valence-electron chi connectivity index (χ1n) is 8.22. The van der Waals surface area contributed by atoms with Crippen molar-refractivity contribution in [1.29, 1.82) is 0 Å². The monoisotopic (exact) mass is 418 g/mol. The van der Waals surface area contributed by atoms with Crippen LogP contribution in [0.15, 0.2) is 41.1 Å². The molecule has 0 radical (unpaired) electrons. The predicted molar refractivity (Wildman–Crippen MR) is 109 cm³/mol. The van der Waals surface area contributed by atoms with Crippen LogP contribution in [0.2, 0.25) is 5.02 Å². The van der Waals surface area contributed by atoms with Crippen LogP contribution in [-0.2, 0) is 13.0 Å². The van der Waals surface area contributed by atoms with Crippen molar-refractivity contribution in [2.45, 2.75) is 13.0 Å². The van der Waals surface area contributed by atoms with Gasteiger partial charge in [0.15, 0.2) is 5.13 Å². The maximum Gasteiger partial charge on any atom is 0.322 e. The molecule has 0 bridgehead atoms. The predicted octanol–water partition coefficient (Wildman–Crippen LogP) is 4.70. The Morgan fingerprint density at radius 1 is 1.15 bits per heavy atom. The summed E-state index contributed by atoms with van der Waals surface area (Å²) < 4.78 is 0. The third-order valence-corrected chi connectivity index (χ3v) is 6.05. The van der Waals surface area contributed by atoms with Gasteiger partial charge in [-0.3, -0.25) is 10.1 Å². The standard InChI is InChI=1S/C18H15ClN4O2S2/c19-12-1-3-13(4-2-12)20-18(25)23-7-5-14-15(9-23)27-17(21-14)22-16(24)11-6-8-26-10-11/h1-4,6,8,10H,5,7,9H2,(H,20,25)(H,21,22,24). The van der Waals surface area contributed by atoms with Gasteiger partial charge < -0.3 is 10.2 Å². The van der Waals surface area contributed by atoms with Gasteiger partial charge in [-0.1, -0.05) is 22.9 Å². The van der Waals surface area contributed by atoms with E-state index < -0.39 is 0 Å². The lowest BCUT2D eigenvalue weighted by Crippen LogP contribution is -2.38. The van der Waals surface area contributed by atoms with Gasteiger partial charge in [-0.05, 0) is 35.7 Å². The van der Waals surface area contributed by atoms with Gasteiger partial charge in [0.2, 0.25) is 0 Å². The highest BCUT2D eigenvalue weighted by molar-refractivity contribution is 7.16. The number of nitrogens with one attached hydrogen (secondary N) is 2. The number of halogens is 1. The molecule has 1 aliphatic heterocycles. The van der Waals surface area contributed by atoms with E-state index in [1.807, 2.05) is 5.38 Å². The van der Waals surface area contributed by atoms with Gasteiger partial charge in [-0.2, -0.15) is 11.3 Å². The second kappa shape index (κ2) is 7.67. The highest BCUT2D eigenvalue weighted by Gasteiger charge is 2.24. The highest BCUT2D eigenvalue weighted by Crippen LogP contribution is 2.29. The Morgan fingerprint density at radius 3 is 2.70 bits per heavy atom. The molecule has 6 nitrogen and oxygen atoms in total. The summed E-state index contributed by atoms with van der Waals surface area (Å²) in [5.41, 5.74) is 2.26. The molecule has 2 N–H and O–H groups in total. The summed E-state index contributed by atoms with van der Waals surface area (Å²) >= 11 is 8.75. The van der Waals surface area contributed by atoms with Crippen LogP contribution in [0.3, 0.4) is 0 Å². The quantitative estimate of drug-likeness (QED) is 0.647. The minimum absolute atomic E-state index is 0.166. The average Bonchev–Trinajstić information content (AvgIpc) is 3.32. The van der Waals surface area contributed by atoms with Crippen LogP contribution in [0.4, 0.5) is 15.6 Å². The SMILES string of the molecule is O=C(Nc1nc2c(s1)CN(C(=O)Nc1ccc(Cl)cc1)CC2)c1ccsc1. The number of hydrogen-bond acceptors (Lipinski definition) is 5. The van der Waals surface area contributed by atoms with Crippen LogP contribution in [0.1, 0.15) is 20.9 Å². The molecule has 0 fully saturated rings. The zero-order valence-corrected chi connectivity index (χ0v) is 16.5. The summed E-state index contributed by atoms with van der Waals surface area (Å²) in [6, 6.07) is 8.60. The summed E-state index contributed by atoms with van der Waals surface area (Å²) in [6.07, 6.45) is 0.661. The van der Waals surface area contributed by atoms with Crippen molar-refractivity contribution >= 4 is 57.0 Å². The van der Waals surface area contributed by atoms with Gasteiger partial charge in [-0.15, -0.1) is 0 Å². The van der Waals surface area contributed by atoms with Crippen LogP contribution >= 0.6 is 34.3 Å². The molecule has 0 saturated heterocycles. The molecule has 0 spiro atoms. The zero-order chi connectivity index (χ0) is 18.8. The number of hydrogen-bond donors (Lipinski definition) is 2. The molecule has 27 heavy (non-hydrogen) atoms. The van der Waals surface area contributed by atoms with Gasteiger partial charge in [0.1, 0.15) is 0 Å². The molecule has 4 rings (SSSR count).